The van der Waals surface area contributed by atoms with Crippen LogP contribution in [0.15, 0.2) is 82.7 Å². The van der Waals surface area contributed by atoms with Crippen molar-refractivity contribution < 1.29 is 14.1 Å². The zero-order chi connectivity index (χ0) is 28.8. The lowest BCUT2D eigenvalue weighted by atomic mass is 10.1. The number of amides is 1. The molecule has 2 heterocycles. The molecule has 1 aromatic heterocycles. The Morgan fingerprint density at radius 1 is 0.902 bits per heavy atom. The standard InChI is InChI=1S/C30H30FN5O4S/c31-22-9-11-24(12-10-22)35-29(38)26-6-3-4-7-27(26)32-30(35)41-21-5-1-2-8-28(37)34-19-17-33(18-20-34)23-13-15-25(16-14-23)36(39)40/h3-4,6-7,9-16H,1-2,5,8,17-21H2. The molecule has 3 aromatic carbocycles. The number of thioether (sulfide) groups is 1. The average molecular weight is 576 g/mol. The van der Waals surface area contributed by atoms with E-state index in [0.29, 0.717) is 54.3 Å². The zero-order valence-corrected chi connectivity index (χ0v) is 23.3. The van der Waals surface area contributed by atoms with Gasteiger partial charge in [-0.3, -0.25) is 24.3 Å². The molecule has 5 rings (SSSR count). The second-order valence-electron chi connectivity index (χ2n) is 9.83. The lowest BCUT2D eigenvalue weighted by molar-refractivity contribution is -0.384. The van der Waals surface area contributed by atoms with Gasteiger partial charge in [0.15, 0.2) is 5.16 Å². The Kier molecular flexibility index (Phi) is 8.93. The normalized spacial score (nSPS) is 13.5. The summed E-state index contributed by atoms with van der Waals surface area (Å²) >= 11 is 1.48. The molecular formula is C30H30FN5O4S. The van der Waals surface area contributed by atoms with Crippen molar-refractivity contribution in [2.75, 3.05) is 36.8 Å². The summed E-state index contributed by atoms with van der Waals surface area (Å²) in [5, 5.41) is 11.9. The zero-order valence-electron chi connectivity index (χ0n) is 22.4. The molecule has 4 aromatic rings. The number of hydrogen-bond donors (Lipinski definition) is 0. The molecule has 0 saturated carbocycles. The highest BCUT2D eigenvalue weighted by Crippen LogP contribution is 2.24. The highest BCUT2D eigenvalue weighted by Gasteiger charge is 2.21. The molecule has 0 spiro atoms. The van der Waals surface area contributed by atoms with Crippen LogP contribution < -0.4 is 10.5 Å². The van der Waals surface area contributed by atoms with E-state index in [9.17, 15) is 24.1 Å². The summed E-state index contributed by atoms with van der Waals surface area (Å²) in [6.45, 7) is 2.63. The Hall–Kier alpha value is -4.25. The maximum Gasteiger partial charge on any atom is 0.269 e. The lowest BCUT2D eigenvalue weighted by Gasteiger charge is -2.36. The van der Waals surface area contributed by atoms with Crippen LogP contribution in [0.2, 0.25) is 0 Å². The summed E-state index contributed by atoms with van der Waals surface area (Å²) in [4.78, 5) is 45.2. The maximum absolute atomic E-state index is 13.5. The number of carbonyl (C=O) groups excluding carboxylic acids is 1. The predicted octanol–water partition coefficient (Wildman–Crippen LogP) is 5.43. The molecule has 1 aliphatic heterocycles. The van der Waals surface area contributed by atoms with E-state index < -0.39 is 4.92 Å². The van der Waals surface area contributed by atoms with E-state index in [1.807, 2.05) is 17.0 Å². The first-order valence-corrected chi connectivity index (χ1v) is 14.6. The number of nitro benzene ring substituents is 1. The second-order valence-corrected chi connectivity index (χ2v) is 10.9. The fourth-order valence-corrected chi connectivity index (χ4v) is 5.91. The van der Waals surface area contributed by atoms with Crippen LogP contribution in [0.1, 0.15) is 25.7 Å². The van der Waals surface area contributed by atoms with Crippen LogP contribution in [-0.4, -0.2) is 57.2 Å². The van der Waals surface area contributed by atoms with Gasteiger partial charge in [-0.15, -0.1) is 0 Å². The highest BCUT2D eigenvalue weighted by atomic mass is 32.2. The Balaban J connectivity index is 1.10. The van der Waals surface area contributed by atoms with Crippen LogP contribution in [0, 0.1) is 15.9 Å². The molecule has 9 nitrogen and oxygen atoms in total. The third-order valence-electron chi connectivity index (χ3n) is 7.15. The first-order valence-electron chi connectivity index (χ1n) is 13.6. The van der Waals surface area contributed by atoms with Crippen molar-refractivity contribution in [2.24, 2.45) is 0 Å². The van der Waals surface area contributed by atoms with Gasteiger partial charge in [-0.1, -0.05) is 30.3 Å². The smallest absolute Gasteiger partial charge is 0.269 e. The van der Waals surface area contributed by atoms with Gasteiger partial charge in [0.1, 0.15) is 5.82 Å². The molecule has 11 heteroatoms. The van der Waals surface area contributed by atoms with E-state index in [1.165, 1.54) is 40.6 Å². The van der Waals surface area contributed by atoms with Crippen LogP contribution >= 0.6 is 11.8 Å². The number of carbonyl (C=O) groups is 1. The number of benzene rings is 3. The first-order chi connectivity index (χ1) is 19.9. The Labute approximate surface area is 240 Å². The third kappa shape index (κ3) is 6.74. The number of fused-ring (bicyclic) bond motifs is 1. The number of anilines is 1. The van der Waals surface area contributed by atoms with Gasteiger partial charge >= 0.3 is 0 Å². The molecule has 1 fully saturated rings. The molecule has 0 radical (unpaired) electrons. The molecule has 1 saturated heterocycles. The number of nitrogens with zero attached hydrogens (tertiary/aromatic N) is 5. The summed E-state index contributed by atoms with van der Waals surface area (Å²) in [6, 6.07) is 19.5. The number of halogens is 1. The maximum atomic E-state index is 13.5. The van der Waals surface area contributed by atoms with Crippen LogP contribution in [0.3, 0.4) is 0 Å². The molecule has 0 atom stereocenters. The number of hydrogen-bond acceptors (Lipinski definition) is 7. The van der Waals surface area contributed by atoms with Gasteiger partial charge in [0.25, 0.3) is 11.2 Å². The van der Waals surface area contributed by atoms with Gasteiger partial charge in [0.2, 0.25) is 5.91 Å². The lowest BCUT2D eigenvalue weighted by Crippen LogP contribution is -2.48. The van der Waals surface area contributed by atoms with Gasteiger partial charge in [-0.25, -0.2) is 9.37 Å². The van der Waals surface area contributed by atoms with Crippen molar-refractivity contribution in [1.82, 2.24) is 14.5 Å². The van der Waals surface area contributed by atoms with Gasteiger partial charge in [-0.2, -0.15) is 0 Å². The van der Waals surface area contributed by atoms with E-state index in [2.05, 4.69) is 4.90 Å². The number of aromatic nitrogens is 2. The Morgan fingerprint density at radius 3 is 2.29 bits per heavy atom. The number of piperazine rings is 1. The SMILES string of the molecule is O=C(CCCCCSc1nc2ccccc2c(=O)n1-c1ccc(F)cc1)N1CCN(c2ccc([N+](=O)[O-])cc2)CC1. The Bertz CT molecular complexity index is 1590. The number of rotatable bonds is 10. The average Bonchev–Trinajstić information content (AvgIpc) is 3.00. The van der Waals surface area contributed by atoms with E-state index in [4.69, 9.17) is 4.98 Å². The largest absolute Gasteiger partial charge is 0.368 e. The fraction of sp³-hybridized carbons (Fsp3) is 0.300. The first kappa shape index (κ1) is 28.3. The molecule has 0 unspecified atom stereocenters. The van der Waals surface area contributed by atoms with Crippen LogP contribution in [0.4, 0.5) is 15.8 Å². The third-order valence-corrected chi connectivity index (χ3v) is 8.18. The summed E-state index contributed by atoms with van der Waals surface area (Å²) < 4.78 is 15.1. The van der Waals surface area contributed by atoms with Crippen LogP contribution in [0.25, 0.3) is 16.6 Å². The van der Waals surface area contributed by atoms with E-state index in [-0.39, 0.29) is 23.0 Å². The fourth-order valence-electron chi connectivity index (χ4n) is 4.90. The summed E-state index contributed by atoms with van der Waals surface area (Å²) in [5.41, 5.74) is 1.99. The number of para-hydroxylation sites is 1. The second kappa shape index (κ2) is 12.9. The summed E-state index contributed by atoms with van der Waals surface area (Å²) in [7, 11) is 0. The van der Waals surface area contributed by atoms with Crippen molar-refractivity contribution in [3.8, 4) is 5.69 Å². The molecule has 0 N–H and O–H groups in total. The van der Waals surface area contributed by atoms with Crippen molar-refractivity contribution in [3.05, 3.63) is 99.1 Å². The summed E-state index contributed by atoms with van der Waals surface area (Å²) in [6.07, 6.45) is 2.99. The van der Waals surface area contributed by atoms with E-state index in [1.54, 1.807) is 36.4 Å². The number of unbranched alkanes of at least 4 members (excludes halogenated alkanes) is 2. The van der Waals surface area contributed by atoms with Crippen molar-refractivity contribution in [1.29, 1.82) is 0 Å². The minimum Gasteiger partial charge on any atom is -0.368 e. The molecular weight excluding hydrogens is 545 g/mol. The number of nitro groups is 1. The summed E-state index contributed by atoms with van der Waals surface area (Å²) in [5.74, 6) is 0.502. The molecule has 212 valence electrons. The van der Waals surface area contributed by atoms with Crippen LogP contribution in [-0.2, 0) is 4.79 Å². The van der Waals surface area contributed by atoms with Gasteiger partial charge in [-0.05, 0) is 61.4 Å². The Morgan fingerprint density at radius 2 is 1.59 bits per heavy atom. The molecule has 41 heavy (non-hydrogen) atoms. The molecule has 0 bridgehead atoms. The van der Waals surface area contributed by atoms with Gasteiger partial charge < -0.3 is 9.80 Å². The molecule has 0 aliphatic carbocycles. The monoisotopic (exact) mass is 575 g/mol. The van der Waals surface area contributed by atoms with Crippen molar-refractivity contribution >= 4 is 39.9 Å². The minimum atomic E-state index is -0.411. The van der Waals surface area contributed by atoms with Crippen molar-refractivity contribution in [2.45, 2.75) is 30.8 Å². The predicted molar refractivity (Wildman–Crippen MR) is 158 cm³/mol. The molecule has 1 amide bonds. The van der Waals surface area contributed by atoms with Crippen LogP contribution in [0.5, 0.6) is 0 Å². The van der Waals surface area contributed by atoms with Gasteiger partial charge in [0, 0.05) is 56.2 Å². The van der Waals surface area contributed by atoms with Crippen molar-refractivity contribution in [3.63, 3.8) is 0 Å². The topological polar surface area (TPSA) is 102 Å². The van der Waals surface area contributed by atoms with Gasteiger partial charge in [0.05, 0.1) is 21.5 Å². The van der Waals surface area contributed by atoms with E-state index >= 15 is 0 Å². The minimum absolute atomic E-state index is 0.0664. The molecule has 1 aliphatic rings. The highest BCUT2D eigenvalue weighted by molar-refractivity contribution is 7.99. The quantitative estimate of drug-likeness (QED) is 0.0817. The van der Waals surface area contributed by atoms with E-state index in [0.717, 1.165) is 30.7 Å². The number of non-ortho nitro benzene ring substituents is 1.